The maximum Gasteiger partial charge on any atom is 0.137 e. The van der Waals surface area contributed by atoms with Gasteiger partial charge in [-0.1, -0.05) is 48.0 Å². The highest BCUT2D eigenvalue weighted by atomic mass is 35.5. The van der Waals surface area contributed by atoms with Gasteiger partial charge in [0, 0.05) is 0 Å². The van der Waals surface area contributed by atoms with Gasteiger partial charge in [0.1, 0.15) is 5.75 Å². The minimum Gasteiger partial charge on any atom is -0.492 e. The minimum absolute atomic E-state index is 0. The molecule has 1 heterocycles. The lowest BCUT2D eigenvalue weighted by atomic mass is 9.97. The summed E-state index contributed by atoms with van der Waals surface area (Å²) in [5.41, 5.74) is 2.29. The van der Waals surface area contributed by atoms with Gasteiger partial charge in [-0.3, -0.25) is 0 Å². The van der Waals surface area contributed by atoms with E-state index in [0.29, 0.717) is 5.02 Å². The highest BCUT2D eigenvalue weighted by molar-refractivity contribution is 6.32. The van der Waals surface area contributed by atoms with Gasteiger partial charge in [0.05, 0.1) is 11.6 Å². The number of halogens is 2. The number of nitrogens with one attached hydrogen (secondary N) is 1. The van der Waals surface area contributed by atoms with Crippen molar-refractivity contribution in [2.45, 2.75) is 19.3 Å². The zero-order valence-corrected chi connectivity index (χ0v) is 14.7. The van der Waals surface area contributed by atoms with Gasteiger partial charge >= 0.3 is 0 Å². The van der Waals surface area contributed by atoms with Crippen LogP contribution in [0.2, 0.25) is 5.02 Å². The lowest BCUT2D eigenvalue weighted by molar-refractivity contribution is 0.254. The minimum atomic E-state index is 0. The van der Waals surface area contributed by atoms with Gasteiger partial charge in [-0.2, -0.15) is 0 Å². The molecule has 0 saturated carbocycles. The van der Waals surface area contributed by atoms with Crippen LogP contribution in [0.25, 0.3) is 11.1 Å². The van der Waals surface area contributed by atoms with E-state index in [1.165, 1.54) is 18.4 Å². The van der Waals surface area contributed by atoms with Crippen LogP contribution in [0.5, 0.6) is 5.75 Å². The second kappa shape index (κ2) is 9.17. The first kappa shape index (κ1) is 18.1. The van der Waals surface area contributed by atoms with Crippen molar-refractivity contribution in [1.82, 2.24) is 5.32 Å². The quantitative estimate of drug-likeness (QED) is 0.799. The molecule has 2 nitrogen and oxygen atoms in total. The summed E-state index contributed by atoms with van der Waals surface area (Å²) in [6, 6.07) is 16.3. The average Bonchev–Trinajstić information content (AvgIpc) is 2.58. The molecule has 1 unspecified atom stereocenters. The van der Waals surface area contributed by atoms with Crippen molar-refractivity contribution in [1.29, 1.82) is 0 Å². The summed E-state index contributed by atoms with van der Waals surface area (Å²) in [6.07, 6.45) is 3.66. The molecule has 1 fully saturated rings. The van der Waals surface area contributed by atoms with E-state index in [1.54, 1.807) is 0 Å². The van der Waals surface area contributed by atoms with Crippen LogP contribution in [0.3, 0.4) is 0 Å². The summed E-state index contributed by atoms with van der Waals surface area (Å²) in [4.78, 5) is 0. The molecule has 1 N–H and O–H groups in total. The predicted molar refractivity (Wildman–Crippen MR) is 99.8 cm³/mol. The Morgan fingerprint density at radius 1 is 1.09 bits per heavy atom. The molecule has 0 aliphatic carbocycles. The standard InChI is InChI=1S/C19H22ClNO.ClH/c20-18-13-17(16-6-2-1-3-7-16)8-9-19(18)22-12-10-15-5-4-11-21-14-15;/h1-3,6-9,13,15,21H,4-5,10-12,14H2;1H. The lowest BCUT2D eigenvalue weighted by Crippen LogP contribution is -2.30. The molecule has 0 bridgehead atoms. The number of piperidine rings is 1. The third kappa shape index (κ3) is 5.13. The molecule has 23 heavy (non-hydrogen) atoms. The Balaban J connectivity index is 0.00000192. The monoisotopic (exact) mass is 351 g/mol. The first-order chi connectivity index (χ1) is 10.8. The van der Waals surface area contributed by atoms with Gasteiger partial charge in [0.15, 0.2) is 0 Å². The predicted octanol–water partition coefficient (Wildman–Crippen LogP) is 5.20. The molecule has 2 aromatic rings. The van der Waals surface area contributed by atoms with Crippen molar-refractivity contribution in [2.24, 2.45) is 5.92 Å². The fraction of sp³-hybridized carbons (Fsp3) is 0.368. The second-order valence-electron chi connectivity index (χ2n) is 5.86. The maximum absolute atomic E-state index is 6.36. The number of rotatable bonds is 5. The average molecular weight is 352 g/mol. The summed E-state index contributed by atoms with van der Waals surface area (Å²) in [5, 5.41) is 4.12. The van der Waals surface area contributed by atoms with Crippen LogP contribution in [-0.4, -0.2) is 19.7 Å². The van der Waals surface area contributed by atoms with E-state index < -0.39 is 0 Å². The molecule has 0 spiro atoms. The van der Waals surface area contributed by atoms with E-state index in [1.807, 2.05) is 30.3 Å². The highest BCUT2D eigenvalue weighted by Crippen LogP contribution is 2.30. The van der Waals surface area contributed by atoms with Crippen LogP contribution in [0.1, 0.15) is 19.3 Å². The summed E-state index contributed by atoms with van der Waals surface area (Å²) >= 11 is 6.36. The Hall–Kier alpha value is -1.22. The largest absolute Gasteiger partial charge is 0.492 e. The third-order valence-corrected chi connectivity index (χ3v) is 4.52. The molecule has 1 aliphatic heterocycles. The molecule has 0 amide bonds. The fourth-order valence-electron chi connectivity index (χ4n) is 2.93. The van der Waals surface area contributed by atoms with Crippen molar-refractivity contribution in [3.63, 3.8) is 0 Å². The molecular weight excluding hydrogens is 329 g/mol. The lowest BCUT2D eigenvalue weighted by Gasteiger charge is -2.22. The Morgan fingerprint density at radius 3 is 2.61 bits per heavy atom. The molecule has 4 heteroatoms. The summed E-state index contributed by atoms with van der Waals surface area (Å²) in [7, 11) is 0. The van der Waals surface area contributed by atoms with Crippen LogP contribution in [0.4, 0.5) is 0 Å². The van der Waals surface area contributed by atoms with Gasteiger partial charge in [-0.05, 0) is 61.5 Å². The SMILES string of the molecule is Cl.Clc1cc(-c2ccccc2)ccc1OCCC1CCCNC1. The van der Waals surface area contributed by atoms with Crippen LogP contribution in [-0.2, 0) is 0 Å². The normalized spacial score (nSPS) is 17.3. The van der Waals surface area contributed by atoms with E-state index in [4.69, 9.17) is 16.3 Å². The van der Waals surface area contributed by atoms with Gasteiger partial charge in [0.25, 0.3) is 0 Å². The molecular formula is C19H23Cl2NO. The zero-order valence-electron chi connectivity index (χ0n) is 13.1. The van der Waals surface area contributed by atoms with Crippen LogP contribution < -0.4 is 10.1 Å². The Bertz CT molecular complexity index is 598. The van der Waals surface area contributed by atoms with E-state index in [0.717, 1.165) is 43.3 Å². The molecule has 124 valence electrons. The van der Waals surface area contributed by atoms with Crippen LogP contribution >= 0.6 is 24.0 Å². The topological polar surface area (TPSA) is 21.3 Å². The smallest absolute Gasteiger partial charge is 0.137 e. The van der Waals surface area contributed by atoms with Crippen molar-refractivity contribution in [3.05, 3.63) is 53.6 Å². The summed E-state index contributed by atoms with van der Waals surface area (Å²) in [5.74, 6) is 1.52. The highest BCUT2D eigenvalue weighted by Gasteiger charge is 2.13. The Morgan fingerprint density at radius 2 is 1.91 bits per heavy atom. The van der Waals surface area contributed by atoms with Crippen LogP contribution in [0.15, 0.2) is 48.5 Å². The Kier molecular flexibility index (Phi) is 7.22. The van der Waals surface area contributed by atoms with E-state index in [9.17, 15) is 0 Å². The molecule has 2 aromatic carbocycles. The van der Waals surface area contributed by atoms with Gasteiger partial charge in [0.2, 0.25) is 0 Å². The Labute approximate surface area is 149 Å². The van der Waals surface area contributed by atoms with Gasteiger partial charge < -0.3 is 10.1 Å². The van der Waals surface area contributed by atoms with E-state index >= 15 is 0 Å². The maximum atomic E-state index is 6.36. The van der Waals surface area contributed by atoms with Crippen molar-refractivity contribution in [2.75, 3.05) is 19.7 Å². The fourth-order valence-corrected chi connectivity index (χ4v) is 3.17. The van der Waals surface area contributed by atoms with E-state index in [2.05, 4.69) is 23.5 Å². The molecule has 1 atom stereocenters. The van der Waals surface area contributed by atoms with Crippen LogP contribution in [0, 0.1) is 5.92 Å². The number of hydrogen-bond acceptors (Lipinski definition) is 2. The molecule has 3 rings (SSSR count). The number of ether oxygens (including phenoxy) is 1. The number of hydrogen-bond donors (Lipinski definition) is 1. The summed E-state index contributed by atoms with van der Waals surface area (Å²) < 4.78 is 5.87. The number of benzene rings is 2. The molecule has 0 radical (unpaired) electrons. The molecule has 0 aromatic heterocycles. The molecule has 1 aliphatic rings. The molecule has 1 saturated heterocycles. The first-order valence-electron chi connectivity index (χ1n) is 8.01. The van der Waals surface area contributed by atoms with Gasteiger partial charge in [-0.25, -0.2) is 0 Å². The van der Waals surface area contributed by atoms with Crippen molar-refractivity contribution in [3.8, 4) is 16.9 Å². The first-order valence-corrected chi connectivity index (χ1v) is 8.39. The second-order valence-corrected chi connectivity index (χ2v) is 6.27. The van der Waals surface area contributed by atoms with Crippen molar-refractivity contribution >= 4 is 24.0 Å². The summed E-state index contributed by atoms with van der Waals surface area (Å²) in [6.45, 7) is 3.00. The van der Waals surface area contributed by atoms with E-state index in [-0.39, 0.29) is 12.4 Å². The van der Waals surface area contributed by atoms with Gasteiger partial charge in [-0.15, -0.1) is 12.4 Å². The third-order valence-electron chi connectivity index (χ3n) is 4.22. The zero-order chi connectivity index (χ0) is 15.2. The van der Waals surface area contributed by atoms with Crippen molar-refractivity contribution < 1.29 is 4.74 Å².